The SMILES string of the molecule is CN1CCC(Oc2ccc[nH]2)CC1. The van der Waals surface area contributed by atoms with Gasteiger partial charge >= 0.3 is 0 Å². The second-order valence-electron chi connectivity index (χ2n) is 3.65. The number of rotatable bonds is 2. The average molecular weight is 180 g/mol. The summed E-state index contributed by atoms with van der Waals surface area (Å²) in [6.07, 6.45) is 4.56. The van der Waals surface area contributed by atoms with E-state index in [1.165, 1.54) is 0 Å². The lowest BCUT2D eigenvalue weighted by Gasteiger charge is -2.28. The molecule has 0 saturated carbocycles. The van der Waals surface area contributed by atoms with Crippen molar-refractivity contribution in [2.24, 2.45) is 0 Å². The first-order valence-electron chi connectivity index (χ1n) is 4.83. The van der Waals surface area contributed by atoms with E-state index in [0.29, 0.717) is 6.10 Å². The van der Waals surface area contributed by atoms with Crippen molar-refractivity contribution in [1.29, 1.82) is 0 Å². The van der Waals surface area contributed by atoms with Crippen LogP contribution in [-0.2, 0) is 0 Å². The summed E-state index contributed by atoms with van der Waals surface area (Å²) in [4.78, 5) is 5.40. The molecule has 0 unspecified atom stereocenters. The van der Waals surface area contributed by atoms with Crippen LogP contribution < -0.4 is 4.74 Å². The Morgan fingerprint density at radius 3 is 2.85 bits per heavy atom. The molecular formula is C10H16N2O. The van der Waals surface area contributed by atoms with E-state index in [0.717, 1.165) is 31.8 Å². The van der Waals surface area contributed by atoms with Crippen LogP contribution in [0.1, 0.15) is 12.8 Å². The second kappa shape index (κ2) is 3.83. The molecule has 72 valence electrons. The van der Waals surface area contributed by atoms with Gasteiger partial charge in [0.05, 0.1) is 0 Å². The lowest BCUT2D eigenvalue weighted by atomic mass is 10.1. The smallest absolute Gasteiger partial charge is 0.190 e. The van der Waals surface area contributed by atoms with Crippen molar-refractivity contribution < 1.29 is 4.74 Å². The normalized spacial score (nSPS) is 20.4. The highest BCUT2D eigenvalue weighted by Crippen LogP contribution is 2.15. The average Bonchev–Trinajstić information content (AvgIpc) is 2.62. The number of H-pyrrole nitrogens is 1. The fourth-order valence-corrected chi connectivity index (χ4v) is 1.67. The van der Waals surface area contributed by atoms with E-state index in [1.807, 2.05) is 18.3 Å². The van der Waals surface area contributed by atoms with Crippen LogP contribution in [0.5, 0.6) is 5.88 Å². The van der Waals surface area contributed by atoms with Gasteiger partial charge in [0, 0.05) is 19.3 Å². The molecule has 2 heterocycles. The van der Waals surface area contributed by atoms with Crippen molar-refractivity contribution >= 4 is 0 Å². The Bertz CT molecular complexity index is 237. The number of likely N-dealkylation sites (tertiary alicyclic amines) is 1. The minimum Gasteiger partial charge on any atom is -0.476 e. The van der Waals surface area contributed by atoms with Crippen molar-refractivity contribution in [3.63, 3.8) is 0 Å². The summed E-state index contributed by atoms with van der Waals surface area (Å²) in [5.41, 5.74) is 0. The zero-order chi connectivity index (χ0) is 9.10. The van der Waals surface area contributed by atoms with Gasteiger partial charge < -0.3 is 14.6 Å². The van der Waals surface area contributed by atoms with Gasteiger partial charge in [0.25, 0.3) is 0 Å². The molecule has 13 heavy (non-hydrogen) atoms. The molecular weight excluding hydrogens is 164 g/mol. The van der Waals surface area contributed by atoms with Crippen LogP contribution in [0, 0.1) is 0 Å². The summed E-state index contributed by atoms with van der Waals surface area (Å²) >= 11 is 0. The van der Waals surface area contributed by atoms with E-state index in [1.54, 1.807) is 0 Å². The lowest BCUT2D eigenvalue weighted by Crippen LogP contribution is -2.35. The number of nitrogens with one attached hydrogen (secondary N) is 1. The molecule has 3 nitrogen and oxygen atoms in total. The Hall–Kier alpha value is -0.960. The summed E-state index contributed by atoms with van der Waals surface area (Å²) in [6, 6.07) is 3.93. The first kappa shape index (κ1) is 8.63. The number of ether oxygens (including phenoxy) is 1. The Morgan fingerprint density at radius 1 is 1.46 bits per heavy atom. The fraction of sp³-hybridized carbons (Fsp3) is 0.600. The fourth-order valence-electron chi connectivity index (χ4n) is 1.67. The monoisotopic (exact) mass is 180 g/mol. The van der Waals surface area contributed by atoms with Gasteiger partial charge in [0.2, 0.25) is 0 Å². The van der Waals surface area contributed by atoms with Gasteiger partial charge in [-0.05, 0) is 32.0 Å². The van der Waals surface area contributed by atoms with Gasteiger partial charge in [-0.2, -0.15) is 0 Å². The Kier molecular flexibility index (Phi) is 2.54. The van der Waals surface area contributed by atoms with Gasteiger partial charge in [-0.1, -0.05) is 0 Å². The van der Waals surface area contributed by atoms with Crippen molar-refractivity contribution in [2.75, 3.05) is 20.1 Å². The molecule has 1 aliphatic rings. The highest BCUT2D eigenvalue weighted by atomic mass is 16.5. The molecule has 1 aliphatic heterocycles. The minimum atomic E-state index is 0.398. The second-order valence-corrected chi connectivity index (χ2v) is 3.65. The number of piperidine rings is 1. The molecule has 0 atom stereocenters. The maximum absolute atomic E-state index is 5.76. The third kappa shape index (κ3) is 2.25. The number of hydrogen-bond donors (Lipinski definition) is 1. The van der Waals surface area contributed by atoms with E-state index in [9.17, 15) is 0 Å². The van der Waals surface area contributed by atoms with Crippen LogP contribution in [0.3, 0.4) is 0 Å². The Morgan fingerprint density at radius 2 is 2.23 bits per heavy atom. The standard InChI is InChI=1S/C10H16N2O/c1-12-7-4-9(5-8-12)13-10-3-2-6-11-10/h2-3,6,9,11H,4-5,7-8H2,1H3. The molecule has 1 saturated heterocycles. The summed E-state index contributed by atoms with van der Waals surface area (Å²) in [5, 5.41) is 0. The van der Waals surface area contributed by atoms with Crippen LogP contribution in [0.4, 0.5) is 0 Å². The Balaban J connectivity index is 1.83. The lowest BCUT2D eigenvalue weighted by molar-refractivity contribution is 0.110. The zero-order valence-corrected chi connectivity index (χ0v) is 7.99. The van der Waals surface area contributed by atoms with Gasteiger partial charge in [-0.3, -0.25) is 0 Å². The Labute approximate surface area is 78.7 Å². The molecule has 1 aromatic rings. The molecule has 2 rings (SSSR count). The third-order valence-corrected chi connectivity index (χ3v) is 2.53. The van der Waals surface area contributed by atoms with Gasteiger partial charge in [-0.15, -0.1) is 0 Å². The molecule has 0 aromatic carbocycles. The van der Waals surface area contributed by atoms with Gasteiger partial charge in [0.15, 0.2) is 5.88 Å². The van der Waals surface area contributed by atoms with Crippen molar-refractivity contribution in [3.8, 4) is 5.88 Å². The summed E-state index contributed by atoms with van der Waals surface area (Å²) in [5.74, 6) is 0.898. The molecule has 0 radical (unpaired) electrons. The molecule has 0 amide bonds. The topological polar surface area (TPSA) is 28.3 Å². The number of hydrogen-bond acceptors (Lipinski definition) is 2. The summed E-state index contributed by atoms with van der Waals surface area (Å²) < 4.78 is 5.76. The number of aromatic nitrogens is 1. The largest absolute Gasteiger partial charge is 0.476 e. The molecule has 0 bridgehead atoms. The molecule has 0 spiro atoms. The molecule has 1 N–H and O–H groups in total. The van der Waals surface area contributed by atoms with Crippen molar-refractivity contribution in [1.82, 2.24) is 9.88 Å². The van der Waals surface area contributed by atoms with E-state index in [-0.39, 0.29) is 0 Å². The predicted molar refractivity (Wildman–Crippen MR) is 51.9 cm³/mol. The van der Waals surface area contributed by atoms with Crippen LogP contribution in [0.2, 0.25) is 0 Å². The molecule has 0 aliphatic carbocycles. The van der Waals surface area contributed by atoms with E-state index >= 15 is 0 Å². The van der Waals surface area contributed by atoms with Crippen LogP contribution >= 0.6 is 0 Å². The summed E-state index contributed by atoms with van der Waals surface area (Å²) in [7, 11) is 2.16. The van der Waals surface area contributed by atoms with Crippen LogP contribution in [0.15, 0.2) is 18.3 Å². The predicted octanol–water partition coefficient (Wildman–Crippen LogP) is 1.49. The summed E-state index contributed by atoms with van der Waals surface area (Å²) in [6.45, 7) is 2.29. The van der Waals surface area contributed by atoms with Gasteiger partial charge in [-0.25, -0.2) is 0 Å². The van der Waals surface area contributed by atoms with Crippen molar-refractivity contribution in [3.05, 3.63) is 18.3 Å². The highest BCUT2D eigenvalue weighted by molar-refractivity contribution is 5.10. The highest BCUT2D eigenvalue weighted by Gasteiger charge is 2.17. The maximum atomic E-state index is 5.76. The first-order chi connectivity index (χ1) is 6.34. The van der Waals surface area contributed by atoms with E-state index in [2.05, 4.69) is 16.9 Å². The number of aromatic amines is 1. The van der Waals surface area contributed by atoms with E-state index < -0.39 is 0 Å². The van der Waals surface area contributed by atoms with E-state index in [4.69, 9.17) is 4.74 Å². The quantitative estimate of drug-likeness (QED) is 0.746. The maximum Gasteiger partial charge on any atom is 0.190 e. The zero-order valence-electron chi connectivity index (χ0n) is 7.99. The minimum absolute atomic E-state index is 0.398. The third-order valence-electron chi connectivity index (χ3n) is 2.53. The van der Waals surface area contributed by atoms with Crippen LogP contribution in [-0.4, -0.2) is 36.1 Å². The molecule has 1 aromatic heterocycles. The number of nitrogens with zero attached hydrogens (tertiary/aromatic N) is 1. The van der Waals surface area contributed by atoms with Crippen molar-refractivity contribution in [2.45, 2.75) is 18.9 Å². The first-order valence-corrected chi connectivity index (χ1v) is 4.83. The van der Waals surface area contributed by atoms with Gasteiger partial charge in [0.1, 0.15) is 6.10 Å². The van der Waals surface area contributed by atoms with Crippen LogP contribution in [0.25, 0.3) is 0 Å². The molecule has 1 fully saturated rings. The molecule has 3 heteroatoms.